The van der Waals surface area contributed by atoms with Gasteiger partial charge in [-0.1, -0.05) is 29.8 Å². The van der Waals surface area contributed by atoms with Crippen LogP contribution in [0.4, 0.5) is 0 Å². The van der Waals surface area contributed by atoms with Gasteiger partial charge in [0.25, 0.3) is 5.56 Å². The van der Waals surface area contributed by atoms with Crippen LogP contribution in [0.1, 0.15) is 16.1 Å². The molecule has 2 aromatic rings. The summed E-state index contributed by atoms with van der Waals surface area (Å²) in [5.41, 5.74) is 1.72. The molecule has 0 saturated heterocycles. The van der Waals surface area contributed by atoms with Gasteiger partial charge in [0.2, 0.25) is 0 Å². The maximum Gasteiger partial charge on any atom is 0.251 e. The van der Waals surface area contributed by atoms with E-state index in [9.17, 15) is 9.59 Å². The second kappa shape index (κ2) is 4.10. The third-order valence-electron chi connectivity index (χ3n) is 2.21. The Morgan fingerprint density at radius 2 is 1.94 bits per heavy atom. The van der Waals surface area contributed by atoms with Gasteiger partial charge in [0, 0.05) is 11.6 Å². The van der Waals surface area contributed by atoms with Crippen LogP contribution in [0.15, 0.2) is 35.1 Å². The van der Waals surface area contributed by atoms with Gasteiger partial charge in [-0.15, -0.1) is 0 Å². The molecule has 0 radical (unpaired) electrons. The number of aryl methyl sites for hydroxylation is 1. The maximum atomic E-state index is 11.3. The Labute approximate surface area is 92.0 Å². The number of carbonyl (C=O) groups is 1. The molecule has 0 unspecified atom stereocenters. The zero-order valence-electron chi connectivity index (χ0n) is 8.73. The Hall–Kier alpha value is -2.23. The lowest BCUT2D eigenvalue weighted by Crippen LogP contribution is -2.09. The Morgan fingerprint density at radius 1 is 1.25 bits per heavy atom. The van der Waals surface area contributed by atoms with E-state index in [0.29, 0.717) is 12.1 Å². The smallest absolute Gasteiger partial charge is 0.251 e. The Kier molecular flexibility index (Phi) is 2.64. The molecule has 0 spiro atoms. The molecule has 0 aliphatic carbocycles. The molecule has 0 bridgehead atoms. The van der Waals surface area contributed by atoms with Gasteiger partial charge >= 0.3 is 0 Å². The molecule has 0 aliphatic heterocycles. The molecule has 1 N–H and O–H groups in total. The van der Waals surface area contributed by atoms with Crippen molar-refractivity contribution in [3.05, 3.63) is 51.9 Å². The average Bonchev–Trinajstić information content (AvgIpc) is 2.29. The number of hydrogen-bond acceptors (Lipinski definition) is 3. The first-order chi connectivity index (χ1) is 7.69. The highest BCUT2D eigenvalue weighted by atomic mass is 16.1. The summed E-state index contributed by atoms with van der Waals surface area (Å²) < 4.78 is 0. The second-order valence-corrected chi connectivity index (χ2v) is 3.50. The first-order valence-corrected chi connectivity index (χ1v) is 4.82. The third kappa shape index (κ3) is 2.06. The highest BCUT2D eigenvalue weighted by molar-refractivity contribution is 5.72. The van der Waals surface area contributed by atoms with Crippen molar-refractivity contribution in [1.29, 1.82) is 0 Å². The third-order valence-corrected chi connectivity index (χ3v) is 2.21. The van der Waals surface area contributed by atoms with Gasteiger partial charge in [0.15, 0.2) is 6.29 Å². The van der Waals surface area contributed by atoms with Crippen molar-refractivity contribution < 1.29 is 4.79 Å². The van der Waals surface area contributed by atoms with Gasteiger partial charge in [-0.2, -0.15) is 0 Å². The summed E-state index contributed by atoms with van der Waals surface area (Å²) in [6, 6.07) is 8.71. The Bertz CT molecular complexity index is 570. The first-order valence-electron chi connectivity index (χ1n) is 4.82. The molecule has 0 amide bonds. The summed E-state index contributed by atoms with van der Waals surface area (Å²) in [6.45, 7) is 1.97. The van der Waals surface area contributed by atoms with Crippen molar-refractivity contribution in [3.63, 3.8) is 0 Å². The normalized spacial score (nSPS) is 10.1. The van der Waals surface area contributed by atoms with Crippen molar-refractivity contribution in [2.75, 3.05) is 0 Å². The molecule has 0 aliphatic rings. The highest BCUT2D eigenvalue weighted by Gasteiger charge is 2.02. The summed E-state index contributed by atoms with van der Waals surface area (Å²) in [4.78, 5) is 28.5. The van der Waals surface area contributed by atoms with E-state index in [2.05, 4.69) is 9.97 Å². The molecule has 4 nitrogen and oxygen atoms in total. The van der Waals surface area contributed by atoms with E-state index in [1.54, 1.807) is 0 Å². The SMILES string of the molecule is Cc1ccc(-c2nc(C=O)cc(=O)[nH]2)cc1. The van der Waals surface area contributed by atoms with E-state index in [1.807, 2.05) is 31.2 Å². The van der Waals surface area contributed by atoms with E-state index in [0.717, 1.165) is 11.1 Å². The van der Waals surface area contributed by atoms with E-state index >= 15 is 0 Å². The van der Waals surface area contributed by atoms with Crippen LogP contribution >= 0.6 is 0 Å². The van der Waals surface area contributed by atoms with Crippen LogP contribution in [0.5, 0.6) is 0 Å². The number of hydrogen-bond donors (Lipinski definition) is 1. The number of aromatic nitrogens is 2. The highest BCUT2D eigenvalue weighted by Crippen LogP contribution is 2.13. The first kappa shape index (κ1) is 10.3. The van der Waals surface area contributed by atoms with Crippen LogP contribution in [-0.4, -0.2) is 16.3 Å². The number of aldehydes is 1. The lowest BCUT2D eigenvalue weighted by Gasteiger charge is -2.01. The van der Waals surface area contributed by atoms with Crippen LogP contribution in [0.3, 0.4) is 0 Å². The number of benzene rings is 1. The second-order valence-electron chi connectivity index (χ2n) is 3.50. The van der Waals surface area contributed by atoms with E-state index in [-0.39, 0.29) is 11.3 Å². The molecule has 2 rings (SSSR count). The molecule has 0 saturated carbocycles. The minimum atomic E-state index is -0.326. The van der Waals surface area contributed by atoms with Crippen molar-refractivity contribution in [2.24, 2.45) is 0 Å². The Balaban J connectivity index is 2.55. The number of nitrogens with zero attached hydrogens (tertiary/aromatic N) is 1. The van der Waals surface area contributed by atoms with Crippen molar-refractivity contribution in [2.45, 2.75) is 6.92 Å². The van der Waals surface area contributed by atoms with Gasteiger partial charge < -0.3 is 4.98 Å². The fourth-order valence-corrected chi connectivity index (χ4v) is 1.38. The van der Waals surface area contributed by atoms with Gasteiger partial charge in [0.05, 0.1) is 0 Å². The Morgan fingerprint density at radius 3 is 2.56 bits per heavy atom. The van der Waals surface area contributed by atoms with E-state index < -0.39 is 0 Å². The van der Waals surface area contributed by atoms with Crippen LogP contribution in [-0.2, 0) is 0 Å². The molecule has 0 atom stereocenters. The molecule has 80 valence electrons. The minimum Gasteiger partial charge on any atom is -0.306 e. The topological polar surface area (TPSA) is 62.8 Å². The lowest BCUT2D eigenvalue weighted by molar-refractivity contribution is 0.111. The lowest BCUT2D eigenvalue weighted by atomic mass is 10.1. The number of carbonyl (C=O) groups excluding carboxylic acids is 1. The standard InChI is InChI=1S/C12H10N2O2/c1-8-2-4-9(5-3-8)12-13-10(7-15)6-11(16)14-12/h2-7H,1H3,(H,13,14,16). The summed E-state index contributed by atoms with van der Waals surface area (Å²) >= 11 is 0. The fraction of sp³-hybridized carbons (Fsp3) is 0.0833. The zero-order chi connectivity index (χ0) is 11.5. The monoisotopic (exact) mass is 214 g/mol. The van der Waals surface area contributed by atoms with Gasteiger partial charge in [-0.3, -0.25) is 9.59 Å². The predicted molar refractivity (Wildman–Crippen MR) is 60.4 cm³/mol. The van der Waals surface area contributed by atoms with Crippen LogP contribution in [0.25, 0.3) is 11.4 Å². The fourth-order valence-electron chi connectivity index (χ4n) is 1.38. The van der Waals surface area contributed by atoms with Crippen molar-refractivity contribution >= 4 is 6.29 Å². The summed E-state index contributed by atoms with van der Waals surface area (Å²) in [6.07, 6.45) is 0.562. The molecular weight excluding hydrogens is 204 g/mol. The van der Waals surface area contributed by atoms with Gasteiger partial charge in [-0.25, -0.2) is 4.98 Å². The van der Waals surface area contributed by atoms with Crippen LogP contribution < -0.4 is 5.56 Å². The molecule has 1 heterocycles. The number of aromatic amines is 1. The minimum absolute atomic E-state index is 0.138. The van der Waals surface area contributed by atoms with Crippen LogP contribution in [0, 0.1) is 6.92 Å². The molecule has 1 aromatic carbocycles. The average molecular weight is 214 g/mol. The maximum absolute atomic E-state index is 11.3. The van der Waals surface area contributed by atoms with Gasteiger partial charge in [0.1, 0.15) is 11.5 Å². The van der Waals surface area contributed by atoms with Crippen molar-refractivity contribution in [3.8, 4) is 11.4 Å². The number of rotatable bonds is 2. The molecular formula is C12H10N2O2. The van der Waals surface area contributed by atoms with E-state index in [4.69, 9.17) is 0 Å². The summed E-state index contributed by atoms with van der Waals surface area (Å²) in [5, 5.41) is 0. The number of nitrogens with one attached hydrogen (secondary N) is 1. The predicted octanol–water partition coefficient (Wildman–Crippen LogP) is 1.56. The molecule has 0 fully saturated rings. The number of H-pyrrole nitrogens is 1. The summed E-state index contributed by atoms with van der Waals surface area (Å²) in [5.74, 6) is 0.412. The molecule has 1 aromatic heterocycles. The van der Waals surface area contributed by atoms with Crippen molar-refractivity contribution in [1.82, 2.24) is 9.97 Å². The molecule has 4 heteroatoms. The van der Waals surface area contributed by atoms with Gasteiger partial charge in [-0.05, 0) is 6.92 Å². The molecule has 16 heavy (non-hydrogen) atoms. The zero-order valence-corrected chi connectivity index (χ0v) is 8.73. The van der Waals surface area contributed by atoms with E-state index in [1.165, 1.54) is 6.07 Å². The van der Waals surface area contributed by atoms with Crippen LogP contribution in [0.2, 0.25) is 0 Å². The quantitative estimate of drug-likeness (QED) is 0.771. The largest absolute Gasteiger partial charge is 0.306 e. The summed E-state index contributed by atoms with van der Waals surface area (Å²) in [7, 11) is 0.